The standard InChI is InChI=1S/C11H12ClF3N2O2S.ClH/c12-9-2-1-7(11(13,14)15)5-10(9)20(18,19)17-4-3-8(16)6-17;/h1-2,5,8H,3-4,6,16H2;1H/t8-;/m1./s1. The van der Waals surface area contributed by atoms with Crippen LogP contribution in [0.2, 0.25) is 5.02 Å². The monoisotopic (exact) mass is 364 g/mol. The van der Waals surface area contributed by atoms with E-state index >= 15 is 0 Å². The predicted octanol–water partition coefficient (Wildman–Crippen LogP) is 2.50. The summed E-state index contributed by atoms with van der Waals surface area (Å²) in [5.74, 6) is 0. The van der Waals surface area contributed by atoms with Gasteiger partial charge in [0.25, 0.3) is 0 Å². The molecule has 1 aliphatic heterocycles. The fourth-order valence-corrected chi connectivity index (χ4v) is 4.00. The van der Waals surface area contributed by atoms with Crippen LogP contribution in [0.5, 0.6) is 0 Å². The van der Waals surface area contributed by atoms with E-state index in [4.69, 9.17) is 17.3 Å². The first-order chi connectivity index (χ1) is 9.12. The lowest BCUT2D eigenvalue weighted by atomic mass is 10.2. The Morgan fingerprint density at radius 1 is 1.33 bits per heavy atom. The van der Waals surface area contributed by atoms with Crippen LogP contribution in [0.1, 0.15) is 12.0 Å². The van der Waals surface area contributed by atoms with Gasteiger partial charge in [0.05, 0.1) is 10.6 Å². The van der Waals surface area contributed by atoms with Crippen molar-refractivity contribution in [2.24, 2.45) is 5.73 Å². The van der Waals surface area contributed by atoms with Crippen molar-refractivity contribution < 1.29 is 21.6 Å². The number of nitrogens with two attached hydrogens (primary N) is 1. The molecule has 1 heterocycles. The molecule has 0 aliphatic carbocycles. The second-order valence-corrected chi connectivity index (χ2v) is 6.87. The van der Waals surface area contributed by atoms with E-state index in [0.29, 0.717) is 12.5 Å². The van der Waals surface area contributed by atoms with Crippen LogP contribution in [-0.2, 0) is 16.2 Å². The zero-order chi connectivity index (χ0) is 15.1. The average molecular weight is 365 g/mol. The molecular formula is C11H13Cl2F3N2O2S. The molecule has 1 aromatic carbocycles. The Kier molecular flexibility index (Phi) is 5.55. The predicted molar refractivity (Wildman–Crippen MR) is 75.1 cm³/mol. The van der Waals surface area contributed by atoms with Crippen molar-refractivity contribution in [2.75, 3.05) is 13.1 Å². The third kappa shape index (κ3) is 3.81. The summed E-state index contributed by atoms with van der Waals surface area (Å²) in [5, 5.41) is -0.238. The molecule has 2 rings (SSSR count). The van der Waals surface area contributed by atoms with Crippen LogP contribution in [0.3, 0.4) is 0 Å². The van der Waals surface area contributed by atoms with Crippen LogP contribution >= 0.6 is 24.0 Å². The topological polar surface area (TPSA) is 63.4 Å². The first-order valence-electron chi connectivity index (χ1n) is 5.75. The molecule has 0 saturated carbocycles. The summed E-state index contributed by atoms with van der Waals surface area (Å²) in [6.45, 7) is 0.255. The van der Waals surface area contributed by atoms with Crippen molar-refractivity contribution >= 4 is 34.0 Å². The van der Waals surface area contributed by atoms with Gasteiger partial charge in [0.2, 0.25) is 10.0 Å². The molecule has 0 bridgehead atoms. The summed E-state index contributed by atoms with van der Waals surface area (Å²) in [6, 6.07) is 1.93. The van der Waals surface area contributed by atoms with Gasteiger partial charge in [0.1, 0.15) is 4.90 Å². The first-order valence-corrected chi connectivity index (χ1v) is 7.56. The minimum absolute atomic E-state index is 0. The maximum Gasteiger partial charge on any atom is 0.416 e. The molecule has 0 unspecified atom stereocenters. The summed E-state index contributed by atoms with van der Waals surface area (Å²) in [6.07, 6.45) is -4.16. The molecule has 1 saturated heterocycles. The zero-order valence-corrected chi connectivity index (χ0v) is 13.0. The highest BCUT2D eigenvalue weighted by Crippen LogP contribution is 2.34. The van der Waals surface area contributed by atoms with E-state index in [1.54, 1.807) is 0 Å². The quantitative estimate of drug-likeness (QED) is 0.876. The number of sulfonamides is 1. The van der Waals surface area contributed by atoms with E-state index in [1.165, 1.54) is 0 Å². The van der Waals surface area contributed by atoms with Gasteiger partial charge in [-0.15, -0.1) is 12.4 Å². The van der Waals surface area contributed by atoms with Gasteiger partial charge in [-0.2, -0.15) is 17.5 Å². The minimum Gasteiger partial charge on any atom is -0.326 e. The molecule has 1 fully saturated rings. The molecule has 1 aliphatic rings. The Labute approximate surface area is 131 Å². The largest absolute Gasteiger partial charge is 0.416 e. The van der Waals surface area contributed by atoms with Gasteiger partial charge in [-0.25, -0.2) is 8.42 Å². The third-order valence-electron chi connectivity index (χ3n) is 3.06. The SMILES string of the molecule is Cl.N[C@@H]1CCN(S(=O)(=O)c2cc(C(F)(F)F)ccc2Cl)C1. The lowest BCUT2D eigenvalue weighted by molar-refractivity contribution is -0.137. The van der Waals surface area contributed by atoms with E-state index in [-0.39, 0.29) is 36.6 Å². The maximum atomic E-state index is 12.7. The third-order valence-corrected chi connectivity index (χ3v) is 5.41. The highest BCUT2D eigenvalue weighted by Gasteiger charge is 2.36. The molecule has 120 valence electrons. The normalized spacial score (nSPS) is 20.3. The number of hydrogen-bond donors (Lipinski definition) is 1. The van der Waals surface area contributed by atoms with Crippen LogP contribution in [0, 0.1) is 0 Å². The van der Waals surface area contributed by atoms with Crippen molar-refractivity contribution in [1.82, 2.24) is 4.31 Å². The Morgan fingerprint density at radius 2 is 1.95 bits per heavy atom. The summed E-state index contributed by atoms with van der Waals surface area (Å²) in [5.41, 5.74) is 4.57. The Morgan fingerprint density at radius 3 is 2.43 bits per heavy atom. The molecule has 0 spiro atoms. The number of nitrogens with zero attached hydrogens (tertiary/aromatic N) is 1. The highest BCUT2D eigenvalue weighted by molar-refractivity contribution is 7.89. The Hall–Kier alpha value is -0.540. The molecule has 1 atom stereocenters. The van der Waals surface area contributed by atoms with E-state index in [9.17, 15) is 21.6 Å². The molecule has 0 amide bonds. The first kappa shape index (κ1) is 18.5. The molecule has 4 nitrogen and oxygen atoms in total. The summed E-state index contributed by atoms with van der Waals surface area (Å²) in [4.78, 5) is -0.539. The lowest BCUT2D eigenvalue weighted by Gasteiger charge is -2.18. The number of halogens is 5. The number of benzene rings is 1. The van der Waals surface area contributed by atoms with E-state index < -0.39 is 26.7 Å². The van der Waals surface area contributed by atoms with Gasteiger partial charge in [0, 0.05) is 19.1 Å². The van der Waals surface area contributed by atoms with Crippen molar-refractivity contribution in [2.45, 2.75) is 23.5 Å². The fourth-order valence-electron chi connectivity index (χ4n) is 1.99. The second-order valence-electron chi connectivity index (χ2n) is 4.55. The van der Waals surface area contributed by atoms with Crippen LogP contribution in [-0.4, -0.2) is 31.9 Å². The molecule has 10 heteroatoms. The van der Waals surface area contributed by atoms with Crippen LogP contribution in [0.25, 0.3) is 0 Å². The van der Waals surface area contributed by atoms with Crippen LogP contribution < -0.4 is 5.73 Å². The molecule has 0 radical (unpaired) electrons. The molecule has 1 aromatic rings. The number of rotatable bonds is 2. The summed E-state index contributed by atoms with van der Waals surface area (Å²) in [7, 11) is -4.06. The van der Waals surface area contributed by atoms with Gasteiger partial charge < -0.3 is 5.73 Å². The van der Waals surface area contributed by atoms with Gasteiger partial charge in [-0.05, 0) is 24.6 Å². The minimum atomic E-state index is -4.63. The van der Waals surface area contributed by atoms with Crippen molar-refractivity contribution in [3.05, 3.63) is 28.8 Å². The van der Waals surface area contributed by atoms with E-state index in [2.05, 4.69) is 0 Å². The second kappa shape index (κ2) is 6.29. The Balaban J connectivity index is 0.00000220. The van der Waals surface area contributed by atoms with Crippen molar-refractivity contribution in [3.63, 3.8) is 0 Å². The molecule has 21 heavy (non-hydrogen) atoms. The summed E-state index contributed by atoms with van der Waals surface area (Å²) >= 11 is 5.74. The molecular weight excluding hydrogens is 352 g/mol. The van der Waals surface area contributed by atoms with Crippen LogP contribution in [0.15, 0.2) is 23.1 Å². The molecule has 2 N–H and O–H groups in total. The average Bonchev–Trinajstić information content (AvgIpc) is 2.75. The zero-order valence-electron chi connectivity index (χ0n) is 10.6. The fraction of sp³-hybridized carbons (Fsp3) is 0.455. The smallest absolute Gasteiger partial charge is 0.326 e. The van der Waals surface area contributed by atoms with Gasteiger partial charge in [-0.1, -0.05) is 11.6 Å². The Bertz CT molecular complexity index is 622. The van der Waals surface area contributed by atoms with E-state index in [1.807, 2.05) is 0 Å². The number of alkyl halides is 3. The van der Waals surface area contributed by atoms with E-state index in [0.717, 1.165) is 16.4 Å². The van der Waals surface area contributed by atoms with Crippen molar-refractivity contribution in [1.29, 1.82) is 0 Å². The summed E-state index contributed by atoms with van der Waals surface area (Å²) < 4.78 is 63.6. The maximum absolute atomic E-state index is 12.7. The van der Waals surface area contributed by atoms with Gasteiger partial charge >= 0.3 is 6.18 Å². The highest BCUT2D eigenvalue weighted by atomic mass is 35.5. The molecule has 0 aromatic heterocycles. The lowest BCUT2D eigenvalue weighted by Crippen LogP contribution is -2.32. The van der Waals surface area contributed by atoms with Gasteiger partial charge in [0.15, 0.2) is 0 Å². The number of hydrogen-bond acceptors (Lipinski definition) is 3. The van der Waals surface area contributed by atoms with Crippen molar-refractivity contribution in [3.8, 4) is 0 Å². The van der Waals surface area contributed by atoms with Gasteiger partial charge in [-0.3, -0.25) is 0 Å². The van der Waals surface area contributed by atoms with Crippen LogP contribution in [0.4, 0.5) is 13.2 Å².